The first-order chi connectivity index (χ1) is 8.80. The van der Waals surface area contributed by atoms with E-state index in [1.807, 2.05) is 0 Å². The molecule has 3 unspecified atom stereocenters. The van der Waals surface area contributed by atoms with Crippen LogP contribution < -0.4 is 0 Å². The van der Waals surface area contributed by atoms with Crippen LogP contribution in [-0.4, -0.2) is 23.5 Å². The van der Waals surface area contributed by atoms with Crippen molar-refractivity contribution in [1.82, 2.24) is 4.90 Å². The average molecular weight is 265 g/mol. The van der Waals surface area contributed by atoms with E-state index in [0.29, 0.717) is 11.3 Å². The fourth-order valence-corrected chi connectivity index (χ4v) is 3.44. The van der Waals surface area contributed by atoms with Gasteiger partial charge in [-0.2, -0.15) is 0 Å². The van der Waals surface area contributed by atoms with Gasteiger partial charge in [0.15, 0.2) is 0 Å². The monoisotopic (exact) mass is 265 g/mol. The molecular weight excluding hydrogens is 230 g/mol. The molecule has 0 bridgehead atoms. The van der Waals surface area contributed by atoms with E-state index in [-0.39, 0.29) is 5.54 Å². The summed E-state index contributed by atoms with van der Waals surface area (Å²) in [5, 5.41) is 0. The molecule has 1 rings (SSSR count). The molecule has 1 heteroatoms. The molecule has 3 atom stereocenters. The van der Waals surface area contributed by atoms with Crippen molar-refractivity contribution in [2.24, 2.45) is 11.3 Å². The van der Waals surface area contributed by atoms with E-state index in [0.717, 1.165) is 6.04 Å². The Hall–Kier alpha value is -0.300. The first-order valence-corrected chi connectivity index (χ1v) is 8.16. The maximum atomic E-state index is 3.99. The third-order valence-electron chi connectivity index (χ3n) is 5.45. The lowest BCUT2D eigenvalue weighted by atomic mass is 9.87. The maximum absolute atomic E-state index is 3.99. The van der Waals surface area contributed by atoms with Crippen molar-refractivity contribution in [1.29, 1.82) is 0 Å². The van der Waals surface area contributed by atoms with Crippen LogP contribution in [0.2, 0.25) is 0 Å². The standard InChI is InChI=1S/C18H35N/c1-8-11-12-18(6)14-16(18)19(7)17(4,5)13-15(9-2)10-3/h9,15-16H,2,8,10-14H2,1,3-7H3. The van der Waals surface area contributed by atoms with Crippen LogP contribution in [0, 0.1) is 11.3 Å². The van der Waals surface area contributed by atoms with E-state index in [1.165, 1.54) is 38.5 Å². The number of hydrogen-bond acceptors (Lipinski definition) is 1. The van der Waals surface area contributed by atoms with E-state index in [2.05, 4.69) is 59.2 Å². The number of rotatable bonds is 9. The molecule has 19 heavy (non-hydrogen) atoms. The Bertz CT molecular complexity index is 294. The zero-order valence-electron chi connectivity index (χ0n) is 14.1. The normalized spacial score (nSPS) is 28.5. The SMILES string of the molecule is C=CC(CC)CC(C)(C)N(C)C1CC1(C)CCCC. The first kappa shape index (κ1) is 16.8. The lowest BCUT2D eigenvalue weighted by Crippen LogP contribution is -2.45. The molecule has 1 aliphatic rings. The molecule has 0 N–H and O–H groups in total. The van der Waals surface area contributed by atoms with Crippen LogP contribution >= 0.6 is 0 Å². The van der Waals surface area contributed by atoms with Crippen molar-refractivity contribution < 1.29 is 0 Å². The van der Waals surface area contributed by atoms with Gasteiger partial charge in [-0.1, -0.05) is 39.7 Å². The van der Waals surface area contributed by atoms with Crippen LogP contribution in [0.1, 0.15) is 73.1 Å². The topological polar surface area (TPSA) is 3.24 Å². The Balaban J connectivity index is 2.57. The number of allylic oxidation sites excluding steroid dienone is 1. The molecule has 0 aliphatic heterocycles. The van der Waals surface area contributed by atoms with E-state index < -0.39 is 0 Å². The Morgan fingerprint density at radius 2 is 2.05 bits per heavy atom. The molecule has 0 aromatic heterocycles. The zero-order valence-corrected chi connectivity index (χ0v) is 14.1. The summed E-state index contributed by atoms with van der Waals surface area (Å²) in [7, 11) is 2.33. The second-order valence-corrected chi connectivity index (χ2v) is 7.51. The van der Waals surface area contributed by atoms with Gasteiger partial charge in [0.1, 0.15) is 0 Å². The first-order valence-electron chi connectivity index (χ1n) is 8.16. The highest BCUT2D eigenvalue weighted by molar-refractivity contribution is 5.08. The summed E-state index contributed by atoms with van der Waals surface area (Å²) in [5.74, 6) is 0.651. The van der Waals surface area contributed by atoms with Crippen LogP contribution in [-0.2, 0) is 0 Å². The number of hydrogen-bond donors (Lipinski definition) is 0. The summed E-state index contributed by atoms with van der Waals surface area (Å²) < 4.78 is 0. The number of unbranched alkanes of at least 4 members (excludes halogenated alkanes) is 1. The second kappa shape index (κ2) is 6.43. The van der Waals surface area contributed by atoms with E-state index >= 15 is 0 Å². The van der Waals surface area contributed by atoms with Crippen LogP contribution in [0.4, 0.5) is 0 Å². The maximum Gasteiger partial charge on any atom is 0.0158 e. The van der Waals surface area contributed by atoms with Crippen molar-refractivity contribution in [2.45, 2.75) is 84.7 Å². The minimum Gasteiger partial charge on any atom is -0.298 e. The largest absolute Gasteiger partial charge is 0.298 e. The molecule has 0 aromatic rings. The molecule has 0 spiro atoms. The smallest absolute Gasteiger partial charge is 0.0158 e. The van der Waals surface area contributed by atoms with Gasteiger partial charge in [0.2, 0.25) is 0 Å². The van der Waals surface area contributed by atoms with Gasteiger partial charge in [-0.15, -0.1) is 6.58 Å². The van der Waals surface area contributed by atoms with Crippen molar-refractivity contribution >= 4 is 0 Å². The molecule has 0 saturated heterocycles. The molecule has 0 heterocycles. The van der Waals surface area contributed by atoms with Crippen molar-refractivity contribution in [2.75, 3.05) is 7.05 Å². The highest BCUT2D eigenvalue weighted by Gasteiger charge is 2.53. The Morgan fingerprint density at radius 1 is 1.42 bits per heavy atom. The molecule has 112 valence electrons. The highest BCUT2D eigenvalue weighted by atomic mass is 15.2. The zero-order chi connectivity index (χ0) is 14.7. The van der Waals surface area contributed by atoms with Crippen LogP contribution in [0.5, 0.6) is 0 Å². The van der Waals surface area contributed by atoms with Crippen LogP contribution in [0.3, 0.4) is 0 Å². The minimum atomic E-state index is 0.281. The summed E-state index contributed by atoms with van der Waals surface area (Å²) in [6.45, 7) is 15.8. The van der Waals surface area contributed by atoms with E-state index in [1.54, 1.807) is 0 Å². The summed E-state index contributed by atoms with van der Waals surface area (Å²) >= 11 is 0. The summed E-state index contributed by atoms with van der Waals surface area (Å²) in [6, 6.07) is 0.788. The summed E-state index contributed by atoms with van der Waals surface area (Å²) in [5.41, 5.74) is 0.863. The molecule has 1 aliphatic carbocycles. The van der Waals surface area contributed by atoms with Gasteiger partial charge in [-0.05, 0) is 57.9 Å². The summed E-state index contributed by atoms with van der Waals surface area (Å²) in [6.07, 6.45) is 10.1. The predicted octanol–water partition coefficient (Wildman–Crippen LogP) is 5.27. The second-order valence-electron chi connectivity index (χ2n) is 7.51. The molecule has 1 fully saturated rings. The summed E-state index contributed by atoms with van der Waals surface area (Å²) in [4.78, 5) is 2.65. The van der Waals surface area contributed by atoms with E-state index in [9.17, 15) is 0 Å². The molecule has 0 aromatic carbocycles. The van der Waals surface area contributed by atoms with Gasteiger partial charge in [-0.25, -0.2) is 0 Å². The van der Waals surface area contributed by atoms with Gasteiger partial charge in [0, 0.05) is 11.6 Å². The fraction of sp³-hybridized carbons (Fsp3) is 0.889. The fourth-order valence-electron chi connectivity index (χ4n) is 3.44. The number of nitrogens with zero attached hydrogens (tertiary/aromatic N) is 1. The van der Waals surface area contributed by atoms with Crippen molar-refractivity contribution in [3.8, 4) is 0 Å². The Kier molecular flexibility index (Phi) is 5.67. The molecule has 1 nitrogen and oxygen atoms in total. The predicted molar refractivity (Wildman–Crippen MR) is 86.5 cm³/mol. The van der Waals surface area contributed by atoms with E-state index in [4.69, 9.17) is 0 Å². The van der Waals surface area contributed by atoms with Crippen molar-refractivity contribution in [3.05, 3.63) is 12.7 Å². The van der Waals surface area contributed by atoms with Crippen molar-refractivity contribution in [3.63, 3.8) is 0 Å². The molecular formula is C18H35N. The molecule has 0 radical (unpaired) electrons. The minimum absolute atomic E-state index is 0.281. The third kappa shape index (κ3) is 4.08. The Labute approximate surface area is 121 Å². The van der Waals surface area contributed by atoms with Gasteiger partial charge < -0.3 is 0 Å². The lowest BCUT2D eigenvalue weighted by Gasteiger charge is -2.39. The Morgan fingerprint density at radius 3 is 2.53 bits per heavy atom. The van der Waals surface area contributed by atoms with Gasteiger partial charge in [0.25, 0.3) is 0 Å². The average Bonchev–Trinajstić information content (AvgIpc) is 3.05. The van der Waals surface area contributed by atoms with Gasteiger partial charge >= 0.3 is 0 Å². The van der Waals surface area contributed by atoms with Gasteiger partial charge in [-0.3, -0.25) is 4.90 Å². The lowest BCUT2D eigenvalue weighted by molar-refractivity contribution is 0.105. The van der Waals surface area contributed by atoms with Crippen LogP contribution in [0.25, 0.3) is 0 Å². The van der Waals surface area contributed by atoms with Crippen LogP contribution in [0.15, 0.2) is 12.7 Å². The third-order valence-corrected chi connectivity index (χ3v) is 5.45. The molecule has 1 saturated carbocycles. The highest BCUT2D eigenvalue weighted by Crippen LogP contribution is 2.54. The quantitative estimate of drug-likeness (QED) is 0.513. The van der Waals surface area contributed by atoms with Gasteiger partial charge in [0.05, 0.1) is 0 Å². The molecule has 0 amide bonds.